The van der Waals surface area contributed by atoms with E-state index in [2.05, 4.69) is 6.92 Å². The largest absolute Gasteiger partial charge is 0.397 e. The summed E-state index contributed by atoms with van der Waals surface area (Å²) in [7, 11) is 0. The minimum atomic E-state index is 0.144. The van der Waals surface area contributed by atoms with Gasteiger partial charge in [0.25, 0.3) is 0 Å². The lowest BCUT2D eigenvalue weighted by Crippen LogP contribution is -1.96. The van der Waals surface area contributed by atoms with Gasteiger partial charge in [-0.15, -0.1) is 23.1 Å². The third-order valence-electron chi connectivity index (χ3n) is 1.60. The van der Waals surface area contributed by atoms with Gasteiger partial charge < -0.3 is 5.73 Å². The Bertz CT molecular complexity index is 307. The first-order chi connectivity index (χ1) is 6.19. The number of anilines is 1. The highest BCUT2D eigenvalue weighted by atomic mass is 32.2. The Kier molecular flexibility index (Phi) is 3.81. The highest BCUT2D eigenvalue weighted by molar-refractivity contribution is 8.01. The van der Waals surface area contributed by atoms with Gasteiger partial charge in [0.1, 0.15) is 0 Å². The van der Waals surface area contributed by atoms with Crippen molar-refractivity contribution >= 4 is 34.6 Å². The molecule has 72 valence electrons. The van der Waals surface area contributed by atoms with Crippen LogP contribution in [0.1, 0.15) is 29.9 Å². The molecule has 1 heterocycles. The van der Waals surface area contributed by atoms with E-state index in [1.165, 1.54) is 11.3 Å². The number of nitrogens with two attached hydrogens (primary N) is 1. The Balaban J connectivity index is 2.89. The summed E-state index contributed by atoms with van der Waals surface area (Å²) in [6.45, 7) is 3.94. The van der Waals surface area contributed by atoms with Gasteiger partial charge >= 0.3 is 0 Å². The molecule has 0 radical (unpaired) electrons. The number of nitrogen functional groups attached to an aromatic ring is 1. The third-order valence-corrected chi connectivity index (χ3v) is 3.88. The molecule has 0 aliphatic carbocycles. The molecule has 0 aliphatic rings. The van der Waals surface area contributed by atoms with Crippen LogP contribution in [-0.2, 0) is 0 Å². The van der Waals surface area contributed by atoms with Crippen LogP contribution in [0.2, 0.25) is 0 Å². The molecule has 0 aromatic carbocycles. The Morgan fingerprint density at radius 2 is 2.31 bits per heavy atom. The van der Waals surface area contributed by atoms with E-state index < -0.39 is 0 Å². The summed E-state index contributed by atoms with van der Waals surface area (Å²) in [5, 5.41) is 0. The molecule has 1 aromatic heterocycles. The first kappa shape index (κ1) is 10.6. The van der Waals surface area contributed by atoms with E-state index in [1.54, 1.807) is 11.8 Å². The SMILES string of the molecule is CCSc1cc(N)c(C(=O)CC)s1. The van der Waals surface area contributed by atoms with Crippen LogP contribution in [-0.4, -0.2) is 11.5 Å². The summed E-state index contributed by atoms with van der Waals surface area (Å²) in [6.07, 6.45) is 0.529. The first-order valence-electron chi connectivity index (χ1n) is 4.24. The van der Waals surface area contributed by atoms with Crippen LogP contribution in [0, 0.1) is 0 Å². The highest BCUT2D eigenvalue weighted by Gasteiger charge is 2.12. The van der Waals surface area contributed by atoms with Gasteiger partial charge in [-0.2, -0.15) is 0 Å². The van der Waals surface area contributed by atoms with Crippen molar-refractivity contribution in [3.63, 3.8) is 0 Å². The van der Waals surface area contributed by atoms with Crippen LogP contribution in [0.15, 0.2) is 10.3 Å². The number of carbonyl (C=O) groups excluding carboxylic acids is 1. The van der Waals surface area contributed by atoms with Crippen molar-refractivity contribution in [2.75, 3.05) is 11.5 Å². The lowest BCUT2D eigenvalue weighted by molar-refractivity contribution is 0.0993. The number of thioether (sulfide) groups is 1. The van der Waals surface area contributed by atoms with Gasteiger partial charge in [-0.3, -0.25) is 4.79 Å². The fraction of sp³-hybridized carbons (Fsp3) is 0.444. The van der Waals surface area contributed by atoms with Gasteiger partial charge in [-0.05, 0) is 11.8 Å². The third kappa shape index (κ3) is 2.48. The predicted octanol–water partition coefficient (Wildman–Crippen LogP) is 3.04. The van der Waals surface area contributed by atoms with E-state index in [-0.39, 0.29) is 5.78 Å². The molecule has 0 spiro atoms. The average Bonchev–Trinajstić information content (AvgIpc) is 2.46. The monoisotopic (exact) mass is 215 g/mol. The molecule has 0 fully saturated rings. The van der Waals surface area contributed by atoms with E-state index in [9.17, 15) is 4.79 Å². The van der Waals surface area contributed by atoms with E-state index in [0.29, 0.717) is 12.1 Å². The van der Waals surface area contributed by atoms with Gasteiger partial charge in [0.05, 0.1) is 14.8 Å². The first-order valence-corrected chi connectivity index (χ1v) is 6.04. The maximum Gasteiger partial charge on any atom is 0.174 e. The number of Topliss-reactive ketones (excluding diaryl/α,β-unsaturated/α-hetero) is 1. The second kappa shape index (κ2) is 4.67. The van der Waals surface area contributed by atoms with Crippen LogP contribution < -0.4 is 5.73 Å². The topological polar surface area (TPSA) is 43.1 Å². The van der Waals surface area contributed by atoms with E-state index >= 15 is 0 Å². The molecule has 0 saturated heterocycles. The zero-order valence-electron chi connectivity index (χ0n) is 7.79. The van der Waals surface area contributed by atoms with Crippen molar-refractivity contribution in [2.24, 2.45) is 0 Å². The Labute approximate surface area is 86.5 Å². The van der Waals surface area contributed by atoms with Crippen molar-refractivity contribution in [3.05, 3.63) is 10.9 Å². The molecule has 1 rings (SSSR count). The molecular formula is C9H13NOS2. The molecule has 0 amide bonds. The standard InChI is InChI=1S/C9H13NOS2/c1-3-7(11)9-6(10)5-8(13-9)12-4-2/h5H,3-4,10H2,1-2H3. The normalized spacial score (nSPS) is 10.3. The van der Waals surface area contributed by atoms with Gasteiger partial charge in [0, 0.05) is 6.42 Å². The van der Waals surface area contributed by atoms with Gasteiger partial charge in [0.15, 0.2) is 5.78 Å². The number of hydrogen-bond acceptors (Lipinski definition) is 4. The van der Waals surface area contributed by atoms with Crippen LogP contribution in [0.4, 0.5) is 5.69 Å². The summed E-state index contributed by atoms with van der Waals surface area (Å²) in [4.78, 5) is 12.1. The van der Waals surface area contributed by atoms with Crippen LogP contribution in [0.25, 0.3) is 0 Å². The second-order valence-electron chi connectivity index (χ2n) is 2.56. The van der Waals surface area contributed by atoms with Crippen molar-refractivity contribution in [1.29, 1.82) is 0 Å². The van der Waals surface area contributed by atoms with Crippen molar-refractivity contribution < 1.29 is 4.79 Å². The fourth-order valence-electron chi connectivity index (χ4n) is 0.973. The van der Waals surface area contributed by atoms with Gasteiger partial charge in [0.2, 0.25) is 0 Å². The lowest BCUT2D eigenvalue weighted by atomic mass is 10.2. The zero-order chi connectivity index (χ0) is 9.84. The molecule has 4 heteroatoms. The fourth-order valence-corrected chi connectivity index (χ4v) is 3.13. The average molecular weight is 215 g/mol. The molecule has 2 N–H and O–H groups in total. The van der Waals surface area contributed by atoms with Crippen molar-refractivity contribution in [2.45, 2.75) is 24.5 Å². The van der Waals surface area contributed by atoms with Crippen molar-refractivity contribution in [3.8, 4) is 0 Å². The zero-order valence-corrected chi connectivity index (χ0v) is 9.43. The maximum atomic E-state index is 11.4. The Hall–Kier alpha value is -0.480. The summed E-state index contributed by atoms with van der Waals surface area (Å²) in [6, 6.07) is 1.89. The number of thiophene rings is 1. The predicted molar refractivity (Wildman–Crippen MR) is 59.8 cm³/mol. The summed E-state index contributed by atoms with van der Waals surface area (Å²) >= 11 is 3.23. The quantitative estimate of drug-likeness (QED) is 0.620. The minimum Gasteiger partial charge on any atom is -0.397 e. The van der Waals surface area contributed by atoms with E-state index in [4.69, 9.17) is 5.73 Å². The summed E-state index contributed by atoms with van der Waals surface area (Å²) in [5.41, 5.74) is 6.36. The Morgan fingerprint density at radius 1 is 1.62 bits per heavy atom. The number of hydrogen-bond donors (Lipinski definition) is 1. The molecule has 0 aliphatic heterocycles. The number of rotatable bonds is 4. The van der Waals surface area contributed by atoms with Crippen LogP contribution in [0.3, 0.4) is 0 Å². The molecule has 0 saturated carbocycles. The van der Waals surface area contributed by atoms with E-state index in [1.807, 2.05) is 13.0 Å². The minimum absolute atomic E-state index is 0.144. The van der Waals surface area contributed by atoms with Gasteiger partial charge in [-0.25, -0.2) is 0 Å². The van der Waals surface area contributed by atoms with Crippen LogP contribution in [0.5, 0.6) is 0 Å². The molecule has 0 unspecified atom stereocenters. The van der Waals surface area contributed by atoms with Gasteiger partial charge in [-0.1, -0.05) is 13.8 Å². The highest BCUT2D eigenvalue weighted by Crippen LogP contribution is 2.33. The molecule has 13 heavy (non-hydrogen) atoms. The summed E-state index contributed by atoms with van der Waals surface area (Å²) < 4.78 is 1.14. The van der Waals surface area contributed by atoms with Crippen LogP contribution >= 0.6 is 23.1 Å². The molecule has 2 nitrogen and oxygen atoms in total. The maximum absolute atomic E-state index is 11.4. The van der Waals surface area contributed by atoms with Crippen molar-refractivity contribution in [1.82, 2.24) is 0 Å². The second-order valence-corrected chi connectivity index (χ2v) is 5.18. The lowest BCUT2D eigenvalue weighted by Gasteiger charge is -1.92. The smallest absolute Gasteiger partial charge is 0.174 e. The number of ketones is 1. The van der Waals surface area contributed by atoms with E-state index in [0.717, 1.165) is 14.8 Å². The molecule has 0 bridgehead atoms. The molecule has 1 aromatic rings. The number of carbonyl (C=O) groups is 1. The molecular weight excluding hydrogens is 202 g/mol. The Morgan fingerprint density at radius 3 is 2.85 bits per heavy atom. The summed E-state index contributed by atoms with van der Waals surface area (Å²) in [5.74, 6) is 1.16. The molecule has 0 atom stereocenters.